The molecular formula is C12H24N2O3. The molecule has 1 atom stereocenters. The Balaban J connectivity index is 1.85. The Kier molecular flexibility index (Phi) is 7.96. The summed E-state index contributed by atoms with van der Waals surface area (Å²) in [6, 6.07) is 0. The normalized spacial score (nSPS) is 19.5. The number of nitrogens with one attached hydrogen (secondary N) is 2. The zero-order valence-electron chi connectivity index (χ0n) is 10.7. The van der Waals surface area contributed by atoms with Gasteiger partial charge in [-0.15, -0.1) is 0 Å². The standard InChI is InChI=1S/C12H24N2O3/c1-16-8-3-6-14-12(15)5-7-13-10-11-4-2-9-17-11/h11,13H,2-10H2,1H3,(H,14,15). The van der Waals surface area contributed by atoms with Crippen molar-refractivity contribution in [2.75, 3.05) is 40.0 Å². The number of hydrogen-bond donors (Lipinski definition) is 2. The first-order chi connectivity index (χ1) is 8.33. The quantitative estimate of drug-likeness (QED) is 0.573. The summed E-state index contributed by atoms with van der Waals surface area (Å²) in [6.07, 6.45) is 4.04. The summed E-state index contributed by atoms with van der Waals surface area (Å²) in [4.78, 5) is 11.4. The minimum absolute atomic E-state index is 0.0981. The molecule has 1 aliphatic heterocycles. The Morgan fingerprint density at radius 3 is 3.06 bits per heavy atom. The van der Waals surface area contributed by atoms with Crippen molar-refractivity contribution in [1.29, 1.82) is 0 Å². The van der Waals surface area contributed by atoms with Crippen molar-refractivity contribution in [3.8, 4) is 0 Å². The number of carbonyl (C=O) groups excluding carboxylic acids is 1. The fraction of sp³-hybridized carbons (Fsp3) is 0.917. The second-order valence-electron chi connectivity index (χ2n) is 4.29. The van der Waals surface area contributed by atoms with E-state index in [9.17, 15) is 4.79 Å². The molecule has 0 aliphatic carbocycles. The highest BCUT2D eigenvalue weighted by Gasteiger charge is 2.14. The molecule has 1 rings (SSSR count). The van der Waals surface area contributed by atoms with Crippen LogP contribution in [0.4, 0.5) is 0 Å². The summed E-state index contributed by atoms with van der Waals surface area (Å²) in [5, 5.41) is 6.11. The summed E-state index contributed by atoms with van der Waals surface area (Å²) in [5.74, 6) is 0.0981. The van der Waals surface area contributed by atoms with Crippen LogP contribution < -0.4 is 10.6 Å². The van der Waals surface area contributed by atoms with Gasteiger partial charge in [-0.05, 0) is 19.3 Å². The zero-order chi connectivity index (χ0) is 12.3. The molecule has 1 amide bonds. The van der Waals surface area contributed by atoms with E-state index >= 15 is 0 Å². The van der Waals surface area contributed by atoms with Crippen molar-refractivity contribution in [2.24, 2.45) is 0 Å². The van der Waals surface area contributed by atoms with Crippen LogP contribution >= 0.6 is 0 Å². The third kappa shape index (κ3) is 7.31. The Labute approximate surface area is 103 Å². The molecule has 1 unspecified atom stereocenters. The Bertz CT molecular complexity index is 206. The lowest BCUT2D eigenvalue weighted by molar-refractivity contribution is -0.121. The van der Waals surface area contributed by atoms with E-state index in [1.54, 1.807) is 7.11 Å². The van der Waals surface area contributed by atoms with E-state index < -0.39 is 0 Å². The third-order valence-corrected chi connectivity index (χ3v) is 2.77. The van der Waals surface area contributed by atoms with Crippen LogP contribution in [0.15, 0.2) is 0 Å². The summed E-state index contributed by atoms with van der Waals surface area (Å²) in [6.45, 7) is 3.84. The van der Waals surface area contributed by atoms with Crippen molar-refractivity contribution in [1.82, 2.24) is 10.6 Å². The first kappa shape index (κ1) is 14.4. The molecule has 100 valence electrons. The molecule has 0 bridgehead atoms. The number of carbonyl (C=O) groups is 1. The van der Waals surface area contributed by atoms with E-state index in [-0.39, 0.29) is 5.91 Å². The molecule has 17 heavy (non-hydrogen) atoms. The Hall–Kier alpha value is -0.650. The summed E-state index contributed by atoms with van der Waals surface area (Å²) in [5.41, 5.74) is 0. The smallest absolute Gasteiger partial charge is 0.221 e. The fourth-order valence-electron chi connectivity index (χ4n) is 1.80. The van der Waals surface area contributed by atoms with E-state index in [0.717, 1.165) is 39.0 Å². The molecule has 0 aromatic heterocycles. The van der Waals surface area contributed by atoms with Crippen molar-refractivity contribution >= 4 is 5.91 Å². The number of methoxy groups -OCH3 is 1. The van der Waals surface area contributed by atoms with Crippen molar-refractivity contribution in [2.45, 2.75) is 31.8 Å². The van der Waals surface area contributed by atoms with Gasteiger partial charge in [0.05, 0.1) is 6.10 Å². The molecule has 5 nitrogen and oxygen atoms in total. The molecule has 0 spiro atoms. The van der Waals surface area contributed by atoms with Crippen LogP contribution in [-0.4, -0.2) is 52.0 Å². The van der Waals surface area contributed by atoms with E-state index in [0.29, 0.717) is 25.7 Å². The fourth-order valence-corrected chi connectivity index (χ4v) is 1.80. The Morgan fingerprint density at radius 2 is 2.35 bits per heavy atom. The maximum atomic E-state index is 11.4. The lowest BCUT2D eigenvalue weighted by Crippen LogP contribution is -2.32. The summed E-state index contributed by atoms with van der Waals surface area (Å²) in [7, 11) is 1.66. The van der Waals surface area contributed by atoms with Gasteiger partial charge in [0.15, 0.2) is 0 Å². The lowest BCUT2D eigenvalue weighted by Gasteiger charge is -2.10. The third-order valence-electron chi connectivity index (χ3n) is 2.77. The van der Waals surface area contributed by atoms with Gasteiger partial charge in [0, 0.05) is 46.4 Å². The molecule has 1 aliphatic rings. The SMILES string of the molecule is COCCCNC(=O)CCNCC1CCCO1. The van der Waals surface area contributed by atoms with Gasteiger partial charge in [0.2, 0.25) is 5.91 Å². The molecule has 1 fully saturated rings. The average molecular weight is 244 g/mol. The molecule has 0 radical (unpaired) electrons. The van der Waals surface area contributed by atoms with Gasteiger partial charge < -0.3 is 20.1 Å². The predicted octanol–water partition coefficient (Wildman–Crippen LogP) is 0.298. The summed E-state index contributed by atoms with van der Waals surface area (Å²) < 4.78 is 10.4. The van der Waals surface area contributed by atoms with E-state index in [1.807, 2.05) is 0 Å². The minimum Gasteiger partial charge on any atom is -0.385 e. The second kappa shape index (κ2) is 9.39. The summed E-state index contributed by atoms with van der Waals surface area (Å²) >= 11 is 0. The van der Waals surface area contributed by atoms with Crippen LogP contribution in [0.25, 0.3) is 0 Å². The largest absolute Gasteiger partial charge is 0.385 e. The van der Waals surface area contributed by atoms with E-state index in [2.05, 4.69) is 10.6 Å². The molecule has 1 heterocycles. The number of hydrogen-bond acceptors (Lipinski definition) is 4. The van der Waals surface area contributed by atoms with Gasteiger partial charge in [-0.3, -0.25) is 4.79 Å². The highest BCUT2D eigenvalue weighted by molar-refractivity contribution is 5.75. The second-order valence-corrected chi connectivity index (χ2v) is 4.29. The van der Waals surface area contributed by atoms with Gasteiger partial charge in [0.25, 0.3) is 0 Å². The molecule has 0 aromatic rings. The predicted molar refractivity (Wildman–Crippen MR) is 66.0 cm³/mol. The maximum absolute atomic E-state index is 11.4. The van der Waals surface area contributed by atoms with Gasteiger partial charge >= 0.3 is 0 Å². The molecule has 0 aromatic carbocycles. The van der Waals surface area contributed by atoms with Crippen LogP contribution in [0.5, 0.6) is 0 Å². The average Bonchev–Trinajstić information content (AvgIpc) is 2.83. The minimum atomic E-state index is 0.0981. The zero-order valence-corrected chi connectivity index (χ0v) is 10.7. The van der Waals surface area contributed by atoms with Crippen LogP contribution in [0.1, 0.15) is 25.7 Å². The van der Waals surface area contributed by atoms with E-state index in [4.69, 9.17) is 9.47 Å². The number of rotatable bonds is 9. The van der Waals surface area contributed by atoms with Gasteiger partial charge in [-0.2, -0.15) is 0 Å². The van der Waals surface area contributed by atoms with Gasteiger partial charge in [-0.25, -0.2) is 0 Å². The highest BCUT2D eigenvalue weighted by atomic mass is 16.5. The molecule has 2 N–H and O–H groups in total. The number of ether oxygens (including phenoxy) is 2. The first-order valence-corrected chi connectivity index (χ1v) is 6.41. The van der Waals surface area contributed by atoms with Crippen molar-refractivity contribution in [3.63, 3.8) is 0 Å². The maximum Gasteiger partial charge on any atom is 0.221 e. The van der Waals surface area contributed by atoms with Gasteiger partial charge in [0.1, 0.15) is 0 Å². The molecular weight excluding hydrogens is 220 g/mol. The number of amides is 1. The Morgan fingerprint density at radius 1 is 1.47 bits per heavy atom. The topological polar surface area (TPSA) is 59.6 Å². The molecule has 0 saturated carbocycles. The van der Waals surface area contributed by atoms with Crippen LogP contribution in [0.2, 0.25) is 0 Å². The molecule has 5 heteroatoms. The first-order valence-electron chi connectivity index (χ1n) is 6.41. The highest BCUT2D eigenvalue weighted by Crippen LogP contribution is 2.10. The van der Waals surface area contributed by atoms with Crippen LogP contribution in [0.3, 0.4) is 0 Å². The van der Waals surface area contributed by atoms with Crippen LogP contribution in [-0.2, 0) is 14.3 Å². The van der Waals surface area contributed by atoms with Crippen molar-refractivity contribution in [3.05, 3.63) is 0 Å². The van der Waals surface area contributed by atoms with E-state index in [1.165, 1.54) is 0 Å². The van der Waals surface area contributed by atoms with Crippen LogP contribution in [0, 0.1) is 0 Å². The van der Waals surface area contributed by atoms with Crippen molar-refractivity contribution < 1.29 is 14.3 Å². The lowest BCUT2D eigenvalue weighted by atomic mass is 10.2. The monoisotopic (exact) mass is 244 g/mol. The van der Waals surface area contributed by atoms with Gasteiger partial charge in [-0.1, -0.05) is 0 Å². The molecule has 1 saturated heterocycles.